The first-order chi connectivity index (χ1) is 8.90. The van der Waals surface area contributed by atoms with E-state index >= 15 is 0 Å². The molecule has 2 rings (SSSR count). The van der Waals surface area contributed by atoms with Crippen LogP contribution in [0.3, 0.4) is 0 Å². The number of hydrogen-bond acceptors (Lipinski definition) is 3. The lowest BCUT2D eigenvalue weighted by Gasteiger charge is -2.34. The number of rotatable bonds is 6. The van der Waals surface area contributed by atoms with Gasteiger partial charge in [0.05, 0.1) is 0 Å². The normalized spacial score (nSPS) is 17.2. The van der Waals surface area contributed by atoms with Gasteiger partial charge in [-0.3, -0.25) is 4.90 Å². The molecular weight excluding hydrogens is 224 g/mol. The van der Waals surface area contributed by atoms with E-state index < -0.39 is 0 Å². The first-order valence-corrected chi connectivity index (χ1v) is 6.96. The minimum atomic E-state index is 0.658. The topological polar surface area (TPSA) is 38.5 Å². The summed E-state index contributed by atoms with van der Waals surface area (Å²) in [7, 11) is 0. The highest BCUT2D eigenvalue weighted by Crippen LogP contribution is 2.17. The van der Waals surface area contributed by atoms with Gasteiger partial charge in [-0.25, -0.2) is 0 Å². The third-order valence-electron chi connectivity index (χ3n) is 3.59. The molecular formula is C15H24N2O. The summed E-state index contributed by atoms with van der Waals surface area (Å²) < 4.78 is 5.45. The summed E-state index contributed by atoms with van der Waals surface area (Å²) in [6.45, 7) is 4.70. The molecule has 1 saturated heterocycles. The highest BCUT2D eigenvalue weighted by molar-refractivity contribution is 5.14. The smallest absolute Gasteiger partial charge is 0.0480 e. The summed E-state index contributed by atoms with van der Waals surface area (Å²) in [5.74, 6) is 0. The van der Waals surface area contributed by atoms with Gasteiger partial charge < -0.3 is 10.5 Å². The van der Waals surface area contributed by atoms with Crippen LogP contribution in [-0.2, 0) is 11.3 Å². The molecule has 1 aromatic carbocycles. The van der Waals surface area contributed by atoms with Gasteiger partial charge in [-0.15, -0.1) is 0 Å². The molecule has 1 aliphatic heterocycles. The molecule has 0 amide bonds. The molecule has 0 radical (unpaired) electrons. The first-order valence-electron chi connectivity index (χ1n) is 6.96. The Bertz CT molecular complexity index is 323. The quantitative estimate of drug-likeness (QED) is 0.837. The third-order valence-corrected chi connectivity index (χ3v) is 3.59. The Morgan fingerprint density at radius 1 is 1.17 bits per heavy atom. The molecule has 0 unspecified atom stereocenters. The second kappa shape index (κ2) is 7.52. The van der Waals surface area contributed by atoms with E-state index in [2.05, 4.69) is 35.2 Å². The maximum absolute atomic E-state index is 5.65. The van der Waals surface area contributed by atoms with E-state index in [1.54, 1.807) is 0 Å². The van der Waals surface area contributed by atoms with E-state index in [1.165, 1.54) is 5.56 Å². The van der Waals surface area contributed by atoms with Crippen LogP contribution in [0, 0.1) is 0 Å². The van der Waals surface area contributed by atoms with Gasteiger partial charge in [0.1, 0.15) is 0 Å². The van der Waals surface area contributed by atoms with Crippen LogP contribution in [0.4, 0.5) is 0 Å². The Balaban J connectivity index is 1.95. The van der Waals surface area contributed by atoms with Gasteiger partial charge in [-0.1, -0.05) is 30.3 Å². The van der Waals surface area contributed by atoms with E-state index in [1.807, 2.05) is 0 Å². The van der Waals surface area contributed by atoms with Gasteiger partial charge in [0.25, 0.3) is 0 Å². The van der Waals surface area contributed by atoms with Crippen LogP contribution in [0.1, 0.15) is 24.8 Å². The van der Waals surface area contributed by atoms with Crippen molar-refractivity contribution in [2.75, 3.05) is 26.3 Å². The molecule has 100 valence electrons. The van der Waals surface area contributed by atoms with Gasteiger partial charge in [0.2, 0.25) is 0 Å². The summed E-state index contributed by atoms with van der Waals surface area (Å²) in [6, 6.07) is 11.4. The summed E-state index contributed by atoms with van der Waals surface area (Å²) in [6.07, 6.45) is 3.37. The van der Waals surface area contributed by atoms with Crippen LogP contribution in [0.5, 0.6) is 0 Å². The van der Waals surface area contributed by atoms with Crippen molar-refractivity contribution in [3.05, 3.63) is 35.9 Å². The SMILES string of the molecule is NCCCN(Cc1ccccc1)C1CCOCC1. The van der Waals surface area contributed by atoms with E-state index in [9.17, 15) is 0 Å². The van der Waals surface area contributed by atoms with Crippen LogP contribution in [0.25, 0.3) is 0 Å². The summed E-state index contributed by atoms with van der Waals surface area (Å²) in [5, 5.41) is 0. The van der Waals surface area contributed by atoms with E-state index in [4.69, 9.17) is 10.5 Å². The Labute approximate surface area is 110 Å². The number of hydrogen-bond donors (Lipinski definition) is 1. The lowest BCUT2D eigenvalue weighted by atomic mass is 10.1. The average molecular weight is 248 g/mol. The number of nitrogens with zero attached hydrogens (tertiary/aromatic N) is 1. The molecule has 0 bridgehead atoms. The van der Waals surface area contributed by atoms with Crippen molar-refractivity contribution in [2.45, 2.75) is 31.8 Å². The standard InChI is InChI=1S/C15H24N2O/c16-9-4-10-17(15-7-11-18-12-8-15)13-14-5-2-1-3-6-14/h1-3,5-6,15H,4,7-13,16H2. The fraction of sp³-hybridized carbons (Fsp3) is 0.600. The predicted octanol–water partition coefficient (Wildman–Crippen LogP) is 2.02. The maximum Gasteiger partial charge on any atom is 0.0480 e. The van der Waals surface area contributed by atoms with Gasteiger partial charge in [-0.2, -0.15) is 0 Å². The monoisotopic (exact) mass is 248 g/mol. The Morgan fingerprint density at radius 3 is 2.56 bits per heavy atom. The molecule has 1 heterocycles. The number of nitrogens with two attached hydrogens (primary N) is 1. The molecule has 1 aliphatic rings. The maximum atomic E-state index is 5.65. The molecule has 1 fully saturated rings. The minimum absolute atomic E-state index is 0.658. The number of benzene rings is 1. The van der Waals surface area contributed by atoms with Crippen LogP contribution >= 0.6 is 0 Å². The average Bonchev–Trinajstić information content (AvgIpc) is 2.45. The summed E-state index contributed by atoms with van der Waals surface area (Å²) >= 11 is 0. The lowest BCUT2D eigenvalue weighted by molar-refractivity contribution is 0.0307. The Morgan fingerprint density at radius 2 is 1.89 bits per heavy atom. The predicted molar refractivity (Wildman–Crippen MR) is 74.4 cm³/mol. The Hall–Kier alpha value is -0.900. The van der Waals surface area contributed by atoms with Crippen molar-refractivity contribution in [1.82, 2.24) is 4.90 Å². The summed E-state index contributed by atoms with van der Waals surface area (Å²) in [5.41, 5.74) is 7.04. The largest absolute Gasteiger partial charge is 0.381 e. The highest BCUT2D eigenvalue weighted by atomic mass is 16.5. The molecule has 2 N–H and O–H groups in total. The van der Waals surface area contributed by atoms with E-state index in [-0.39, 0.29) is 0 Å². The molecule has 3 nitrogen and oxygen atoms in total. The van der Waals surface area contributed by atoms with Crippen LogP contribution in [0.2, 0.25) is 0 Å². The van der Waals surface area contributed by atoms with Crippen molar-refractivity contribution in [1.29, 1.82) is 0 Å². The van der Waals surface area contributed by atoms with Crippen LogP contribution in [-0.4, -0.2) is 37.2 Å². The first kappa shape index (κ1) is 13.5. The molecule has 1 aromatic rings. The van der Waals surface area contributed by atoms with Crippen molar-refractivity contribution in [2.24, 2.45) is 5.73 Å². The molecule has 0 aliphatic carbocycles. The van der Waals surface area contributed by atoms with Gasteiger partial charge in [0, 0.05) is 25.8 Å². The van der Waals surface area contributed by atoms with Crippen LogP contribution < -0.4 is 5.73 Å². The molecule has 18 heavy (non-hydrogen) atoms. The van der Waals surface area contributed by atoms with Gasteiger partial charge in [0.15, 0.2) is 0 Å². The number of ether oxygens (including phenoxy) is 1. The molecule has 0 spiro atoms. The summed E-state index contributed by atoms with van der Waals surface area (Å²) in [4.78, 5) is 2.57. The molecule has 3 heteroatoms. The molecule has 0 aromatic heterocycles. The Kier molecular flexibility index (Phi) is 5.65. The minimum Gasteiger partial charge on any atom is -0.381 e. The van der Waals surface area contributed by atoms with E-state index in [0.717, 1.165) is 52.1 Å². The van der Waals surface area contributed by atoms with Crippen molar-refractivity contribution in [3.63, 3.8) is 0 Å². The fourth-order valence-electron chi connectivity index (χ4n) is 2.55. The second-order valence-corrected chi connectivity index (χ2v) is 4.94. The third kappa shape index (κ3) is 4.09. The van der Waals surface area contributed by atoms with Gasteiger partial charge in [-0.05, 0) is 37.9 Å². The lowest BCUT2D eigenvalue weighted by Crippen LogP contribution is -2.40. The highest BCUT2D eigenvalue weighted by Gasteiger charge is 2.20. The zero-order valence-electron chi connectivity index (χ0n) is 11.1. The van der Waals surface area contributed by atoms with Crippen molar-refractivity contribution in [3.8, 4) is 0 Å². The fourth-order valence-corrected chi connectivity index (χ4v) is 2.55. The van der Waals surface area contributed by atoms with E-state index in [0.29, 0.717) is 6.04 Å². The molecule has 0 atom stereocenters. The zero-order chi connectivity index (χ0) is 12.6. The van der Waals surface area contributed by atoms with Crippen molar-refractivity contribution >= 4 is 0 Å². The van der Waals surface area contributed by atoms with Crippen molar-refractivity contribution < 1.29 is 4.74 Å². The zero-order valence-corrected chi connectivity index (χ0v) is 11.1. The van der Waals surface area contributed by atoms with Crippen LogP contribution in [0.15, 0.2) is 30.3 Å². The second-order valence-electron chi connectivity index (χ2n) is 4.94. The van der Waals surface area contributed by atoms with Gasteiger partial charge >= 0.3 is 0 Å². The molecule has 0 saturated carbocycles.